The van der Waals surface area contributed by atoms with E-state index in [-0.39, 0.29) is 0 Å². The van der Waals surface area contributed by atoms with E-state index in [1.165, 1.54) is 0 Å². The van der Waals surface area contributed by atoms with Gasteiger partial charge in [-0.15, -0.1) is 0 Å². The summed E-state index contributed by atoms with van der Waals surface area (Å²) in [6.45, 7) is -3.45. The van der Waals surface area contributed by atoms with Gasteiger partial charge in [-0.3, -0.25) is 0 Å². The van der Waals surface area contributed by atoms with E-state index in [1.807, 2.05) is 0 Å². The largest absolute Gasteiger partial charge is 0.394 e. The second kappa shape index (κ2) is 11.2. The van der Waals surface area contributed by atoms with Gasteiger partial charge in [0.25, 0.3) is 0 Å². The van der Waals surface area contributed by atoms with E-state index in [0.29, 0.717) is 0 Å². The minimum Gasteiger partial charge on any atom is -0.394 e. The number of rotatable bonds is 8. The quantitative estimate of drug-likeness (QED) is 0.146. The highest BCUT2D eigenvalue weighted by Gasteiger charge is 2.59. The fraction of sp³-hybridized carbons (Fsp3) is 1.00. The van der Waals surface area contributed by atoms with E-state index < -0.39 is 112 Å². The molecule has 3 fully saturated rings. The Morgan fingerprint density at radius 2 is 1.12 bits per heavy atom. The Hall–Kier alpha value is -0.640. The van der Waals surface area contributed by atoms with Crippen LogP contribution in [0.3, 0.4) is 0 Å². The van der Waals surface area contributed by atoms with Gasteiger partial charge in [0.1, 0.15) is 73.8 Å². The van der Waals surface area contributed by atoms with Gasteiger partial charge in [-0.2, -0.15) is 0 Å². The Morgan fingerprint density at radius 1 is 0.588 bits per heavy atom. The molecule has 0 unspecified atom stereocenters. The number of aliphatic hydroxyl groups is 11. The van der Waals surface area contributed by atoms with Crippen LogP contribution in [0.4, 0.5) is 0 Å². The highest BCUT2D eigenvalue weighted by Crippen LogP contribution is 2.37. The summed E-state index contributed by atoms with van der Waals surface area (Å²) in [4.78, 5) is 0. The maximum atomic E-state index is 10.6. The van der Waals surface area contributed by atoms with E-state index >= 15 is 0 Å². The Kier molecular flexibility index (Phi) is 9.18. The molecule has 0 aliphatic carbocycles. The van der Waals surface area contributed by atoms with E-state index in [1.54, 1.807) is 0 Å². The molecule has 0 amide bonds. The van der Waals surface area contributed by atoms with Crippen molar-refractivity contribution in [1.82, 2.24) is 0 Å². The lowest BCUT2D eigenvalue weighted by atomic mass is 9.97. The third-order valence-electron chi connectivity index (χ3n) is 6.19. The first-order valence-corrected chi connectivity index (χ1v) is 10.6. The summed E-state index contributed by atoms with van der Waals surface area (Å²) >= 11 is 0. The van der Waals surface area contributed by atoms with Crippen LogP contribution in [-0.4, -0.2) is 168 Å². The first-order valence-electron chi connectivity index (χ1n) is 10.6. The summed E-state index contributed by atoms with van der Waals surface area (Å²) in [6.07, 6.45) is -22.4. The topological polar surface area (TPSA) is 269 Å². The molecule has 3 heterocycles. The SMILES string of the molecule is OC[C@H]1O[C@H](O[C@H]2[C@@H](O[C@]3(CO)O[C@H](CO)[C@@H](O)[C@@H]3O)O[C@H](CO)[C@H](O)[C@@H]2O)[C@H](O)[C@@H](O)[C@H]1O. The van der Waals surface area contributed by atoms with Gasteiger partial charge < -0.3 is 79.9 Å². The molecule has 0 bridgehead atoms. The number of aliphatic hydroxyl groups excluding tert-OH is 11. The van der Waals surface area contributed by atoms with Crippen LogP contribution in [0, 0.1) is 0 Å². The highest BCUT2D eigenvalue weighted by molar-refractivity contribution is 4.99. The molecule has 0 radical (unpaired) electrons. The average molecular weight is 504 g/mol. The van der Waals surface area contributed by atoms with Crippen LogP contribution < -0.4 is 0 Å². The number of hydrogen-bond acceptors (Lipinski definition) is 16. The van der Waals surface area contributed by atoms with Gasteiger partial charge in [0.2, 0.25) is 5.79 Å². The average Bonchev–Trinajstić information content (AvgIpc) is 3.08. The van der Waals surface area contributed by atoms with Gasteiger partial charge in [-0.25, -0.2) is 0 Å². The van der Waals surface area contributed by atoms with Crippen molar-refractivity contribution in [1.29, 1.82) is 0 Å². The second-order valence-electron chi connectivity index (χ2n) is 8.37. The molecule has 0 aromatic carbocycles. The molecular formula is C18H32O16. The van der Waals surface area contributed by atoms with Crippen molar-refractivity contribution >= 4 is 0 Å². The molecule has 3 aliphatic heterocycles. The maximum absolute atomic E-state index is 10.6. The van der Waals surface area contributed by atoms with E-state index in [2.05, 4.69) is 0 Å². The highest BCUT2D eigenvalue weighted by atomic mass is 16.8. The van der Waals surface area contributed by atoms with Crippen LogP contribution in [0.5, 0.6) is 0 Å². The Balaban J connectivity index is 1.87. The Morgan fingerprint density at radius 3 is 1.62 bits per heavy atom. The molecule has 34 heavy (non-hydrogen) atoms. The second-order valence-corrected chi connectivity index (χ2v) is 8.37. The van der Waals surface area contributed by atoms with Crippen LogP contribution in [-0.2, 0) is 23.7 Å². The zero-order chi connectivity index (χ0) is 25.4. The zero-order valence-electron chi connectivity index (χ0n) is 17.8. The molecule has 3 saturated heterocycles. The molecule has 16 nitrogen and oxygen atoms in total. The molecule has 200 valence electrons. The Bertz CT molecular complexity index is 653. The van der Waals surface area contributed by atoms with Crippen LogP contribution in [0.1, 0.15) is 0 Å². The van der Waals surface area contributed by atoms with Crippen molar-refractivity contribution in [2.24, 2.45) is 0 Å². The molecule has 11 N–H and O–H groups in total. The predicted molar refractivity (Wildman–Crippen MR) is 101 cm³/mol. The summed E-state index contributed by atoms with van der Waals surface area (Å²) in [5.41, 5.74) is 0. The Labute approximate surface area is 192 Å². The molecule has 16 heteroatoms. The van der Waals surface area contributed by atoms with Gasteiger partial charge in [-0.05, 0) is 0 Å². The molecule has 0 aromatic heterocycles. The number of hydrogen-bond donors (Lipinski definition) is 11. The molecule has 14 atom stereocenters. The molecule has 3 aliphatic rings. The minimum absolute atomic E-state index is 0.764. The molecule has 0 saturated carbocycles. The normalized spacial score (nSPS) is 52.1. The fourth-order valence-corrected chi connectivity index (χ4v) is 4.10. The van der Waals surface area contributed by atoms with Gasteiger partial charge in [0.05, 0.1) is 19.8 Å². The lowest BCUT2D eigenvalue weighted by Gasteiger charge is -2.47. The number of ether oxygens (including phenoxy) is 5. The van der Waals surface area contributed by atoms with Crippen LogP contribution >= 0.6 is 0 Å². The summed E-state index contributed by atoms with van der Waals surface area (Å²) < 4.78 is 26.9. The van der Waals surface area contributed by atoms with E-state index in [9.17, 15) is 56.2 Å². The van der Waals surface area contributed by atoms with Crippen molar-refractivity contribution in [3.8, 4) is 0 Å². The van der Waals surface area contributed by atoms with Gasteiger partial charge >= 0.3 is 0 Å². The molecular weight excluding hydrogens is 472 g/mol. The summed E-state index contributed by atoms with van der Waals surface area (Å²) in [5.74, 6) is -2.41. The van der Waals surface area contributed by atoms with E-state index in [0.717, 1.165) is 0 Å². The third-order valence-corrected chi connectivity index (χ3v) is 6.19. The van der Waals surface area contributed by atoms with E-state index in [4.69, 9.17) is 23.7 Å². The first kappa shape index (κ1) is 27.9. The fourth-order valence-electron chi connectivity index (χ4n) is 4.10. The van der Waals surface area contributed by atoms with Crippen LogP contribution in [0.15, 0.2) is 0 Å². The smallest absolute Gasteiger partial charge is 0.224 e. The molecule has 0 spiro atoms. The standard InChI is InChI=1S/C18H32O16/c19-1-5-8(23)11(26)13(28)16(30-5)32-14-12(27)9(24)6(2-20)31-17(14)34-18(4-22)15(29)10(25)7(3-21)33-18/h5-17,19-29H,1-4H2/t5-,6-,7-,8+,9+,10-,11+,12+,13-,14-,15+,16-,17-,18+/m1/s1. The monoisotopic (exact) mass is 504 g/mol. The van der Waals surface area contributed by atoms with Gasteiger partial charge in [0, 0.05) is 0 Å². The minimum atomic E-state index is -2.41. The molecule has 3 rings (SSSR count). The van der Waals surface area contributed by atoms with Crippen molar-refractivity contribution in [3.63, 3.8) is 0 Å². The van der Waals surface area contributed by atoms with Gasteiger partial charge in [0.15, 0.2) is 12.6 Å². The summed E-state index contributed by atoms with van der Waals surface area (Å²) in [6, 6.07) is 0. The van der Waals surface area contributed by atoms with Gasteiger partial charge in [-0.1, -0.05) is 0 Å². The third kappa shape index (κ3) is 4.96. The lowest BCUT2D eigenvalue weighted by Crippen LogP contribution is -2.66. The first-order chi connectivity index (χ1) is 16.0. The maximum Gasteiger partial charge on any atom is 0.224 e. The van der Waals surface area contributed by atoms with Crippen LogP contribution in [0.25, 0.3) is 0 Å². The van der Waals surface area contributed by atoms with Crippen molar-refractivity contribution in [2.45, 2.75) is 85.5 Å². The summed E-state index contributed by atoms with van der Waals surface area (Å²) in [7, 11) is 0. The van der Waals surface area contributed by atoms with Crippen molar-refractivity contribution in [2.75, 3.05) is 26.4 Å². The zero-order valence-corrected chi connectivity index (χ0v) is 17.8. The van der Waals surface area contributed by atoms with Crippen LogP contribution in [0.2, 0.25) is 0 Å². The predicted octanol–water partition coefficient (Wildman–Crippen LogP) is -7.57. The lowest BCUT2D eigenvalue weighted by molar-refractivity contribution is -0.408. The van der Waals surface area contributed by atoms with Crippen molar-refractivity contribution < 1.29 is 79.9 Å². The molecule has 0 aromatic rings. The van der Waals surface area contributed by atoms with Crippen molar-refractivity contribution in [3.05, 3.63) is 0 Å². The summed E-state index contributed by atoms with van der Waals surface area (Å²) in [5, 5.41) is 109.